The Labute approximate surface area is 168 Å². The monoisotopic (exact) mass is 500 g/mol. The zero-order valence-electron chi connectivity index (χ0n) is 12.7. The Bertz CT molecular complexity index is 1020. The molecule has 0 aromatic carbocycles. The fourth-order valence-electron chi connectivity index (χ4n) is 2.56. The number of cyclic esters (lactones) is 1. The maximum absolute atomic E-state index is 14.0. The van der Waals surface area contributed by atoms with Gasteiger partial charge in [-0.1, -0.05) is 11.6 Å². The van der Waals surface area contributed by atoms with Gasteiger partial charge in [0.2, 0.25) is 10.8 Å². The lowest BCUT2D eigenvalue weighted by atomic mass is 10.0. The molecule has 0 saturated carbocycles. The van der Waals surface area contributed by atoms with Gasteiger partial charge in [-0.2, -0.15) is 5.10 Å². The Hall–Kier alpha value is -1.84. The molecule has 2 aromatic rings. The molecule has 2 aliphatic rings. The second-order valence-corrected chi connectivity index (χ2v) is 7.89. The normalized spacial score (nSPS) is 24.6. The van der Waals surface area contributed by atoms with Gasteiger partial charge in [0.05, 0.1) is 16.3 Å². The minimum absolute atomic E-state index is 0.0594. The first-order valence-electron chi connectivity index (χ1n) is 7.29. The Morgan fingerprint density at radius 1 is 1.42 bits per heavy atom. The third-order valence-corrected chi connectivity index (χ3v) is 4.85. The van der Waals surface area contributed by atoms with Crippen molar-refractivity contribution >= 4 is 55.1 Å². The van der Waals surface area contributed by atoms with E-state index >= 15 is 0 Å². The number of fused-ring (bicyclic) bond motifs is 1. The van der Waals surface area contributed by atoms with Crippen molar-refractivity contribution in [2.75, 3.05) is 0 Å². The number of hydrogen-bond donors (Lipinski definition) is 0. The van der Waals surface area contributed by atoms with Crippen LogP contribution in [0.2, 0.25) is 5.02 Å². The van der Waals surface area contributed by atoms with Crippen LogP contribution in [0.5, 0.6) is 0 Å². The number of rotatable bonds is 2. The molecule has 132 valence electrons. The van der Waals surface area contributed by atoms with Crippen LogP contribution in [0.4, 0.5) is 4.39 Å². The smallest absolute Gasteiger partial charge is 0.342 e. The first-order chi connectivity index (χ1) is 12.3. The van der Waals surface area contributed by atoms with Gasteiger partial charge in [0, 0.05) is 12.3 Å². The Balaban J connectivity index is 1.80. The number of carbonyl (C=O) groups is 1. The molecule has 0 saturated heterocycles. The fraction of sp³-hybridized carbons (Fsp3) is 0.125. The van der Waals surface area contributed by atoms with E-state index in [0.29, 0.717) is 26.8 Å². The molecule has 3 heterocycles. The van der Waals surface area contributed by atoms with Crippen molar-refractivity contribution in [1.82, 2.24) is 14.8 Å². The standard InChI is InChI=1S/C16H8Br2ClFN4O2/c17-12-6-11(24(23-12)13-9(19)2-1-5-21-13)14-22-10-3-4-16(18,20)7-8(10)15(25)26-14/h1-7,14H. The van der Waals surface area contributed by atoms with Crippen LogP contribution in [-0.2, 0) is 9.53 Å². The molecule has 26 heavy (non-hydrogen) atoms. The second kappa shape index (κ2) is 6.40. The van der Waals surface area contributed by atoms with E-state index in [1.807, 2.05) is 0 Å². The summed E-state index contributed by atoms with van der Waals surface area (Å²) in [6.45, 7) is 0. The molecule has 1 aliphatic carbocycles. The molecule has 0 amide bonds. The largest absolute Gasteiger partial charge is 0.430 e. The maximum Gasteiger partial charge on any atom is 0.342 e. The molecule has 2 aromatic heterocycles. The average Bonchev–Trinajstić information content (AvgIpc) is 2.97. The third kappa shape index (κ3) is 3.15. The number of ether oxygens (including phenoxy) is 1. The minimum atomic E-state index is -1.90. The van der Waals surface area contributed by atoms with Crippen LogP contribution in [0.3, 0.4) is 0 Å². The number of pyridine rings is 1. The van der Waals surface area contributed by atoms with Crippen LogP contribution in [0, 0.1) is 0 Å². The van der Waals surface area contributed by atoms with Crippen molar-refractivity contribution in [3.63, 3.8) is 0 Å². The van der Waals surface area contributed by atoms with E-state index in [9.17, 15) is 9.18 Å². The van der Waals surface area contributed by atoms with Crippen molar-refractivity contribution in [3.8, 4) is 5.82 Å². The molecule has 0 radical (unpaired) electrons. The van der Waals surface area contributed by atoms with Crippen molar-refractivity contribution in [1.29, 1.82) is 0 Å². The van der Waals surface area contributed by atoms with Crippen molar-refractivity contribution in [2.24, 2.45) is 4.99 Å². The van der Waals surface area contributed by atoms with E-state index in [0.717, 1.165) is 6.08 Å². The molecule has 1 aliphatic heterocycles. The summed E-state index contributed by atoms with van der Waals surface area (Å²) < 4.78 is 19.4. The van der Waals surface area contributed by atoms with Crippen LogP contribution in [0.25, 0.3) is 5.82 Å². The number of allylic oxidation sites excluding steroid dienone is 3. The minimum Gasteiger partial charge on any atom is -0.430 e. The fourth-order valence-corrected chi connectivity index (χ4v) is 3.51. The van der Waals surface area contributed by atoms with E-state index in [1.54, 1.807) is 24.4 Å². The number of esters is 1. The molecular formula is C16H8Br2ClFN4O2. The van der Waals surface area contributed by atoms with E-state index < -0.39 is 16.8 Å². The van der Waals surface area contributed by atoms with Gasteiger partial charge in [-0.3, -0.25) is 0 Å². The molecular weight excluding hydrogens is 494 g/mol. The summed E-state index contributed by atoms with van der Waals surface area (Å²) in [4.78, 5) is 21.0. The van der Waals surface area contributed by atoms with E-state index in [2.05, 4.69) is 46.9 Å². The van der Waals surface area contributed by atoms with Gasteiger partial charge in [0.15, 0.2) is 5.82 Å². The van der Waals surface area contributed by atoms with Gasteiger partial charge in [0.1, 0.15) is 10.3 Å². The maximum atomic E-state index is 14.0. The van der Waals surface area contributed by atoms with Crippen LogP contribution >= 0.6 is 43.5 Å². The summed E-state index contributed by atoms with van der Waals surface area (Å²) in [5.74, 6) is -0.309. The van der Waals surface area contributed by atoms with Gasteiger partial charge in [-0.15, -0.1) is 0 Å². The Morgan fingerprint density at radius 3 is 3.00 bits per heavy atom. The van der Waals surface area contributed by atoms with Crippen LogP contribution in [0.15, 0.2) is 57.8 Å². The number of aromatic nitrogens is 3. The molecule has 2 unspecified atom stereocenters. The van der Waals surface area contributed by atoms with Gasteiger partial charge >= 0.3 is 5.97 Å². The zero-order chi connectivity index (χ0) is 18.5. The average molecular weight is 503 g/mol. The SMILES string of the molecule is O=C1OC(c2cc(Br)nn2-c2ncccc2Cl)N=C2C=CC(F)(Br)C=C12. The molecule has 0 bridgehead atoms. The van der Waals surface area contributed by atoms with Crippen LogP contribution < -0.4 is 0 Å². The van der Waals surface area contributed by atoms with E-state index in [-0.39, 0.29) is 5.57 Å². The van der Waals surface area contributed by atoms with Crippen LogP contribution in [0.1, 0.15) is 11.9 Å². The summed E-state index contributed by atoms with van der Waals surface area (Å²) in [7, 11) is 0. The predicted molar refractivity (Wildman–Crippen MR) is 100 cm³/mol. The molecule has 2 atom stereocenters. The molecule has 6 nitrogen and oxygen atoms in total. The number of nitrogens with zero attached hydrogens (tertiary/aromatic N) is 4. The van der Waals surface area contributed by atoms with Gasteiger partial charge < -0.3 is 4.74 Å². The summed E-state index contributed by atoms with van der Waals surface area (Å²) in [6, 6.07) is 5.01. The highest BCUT2D eigenvalue weighted by Gasteiger charge is 2.36. The number of alkyl halides is 2. The summed E-state index contributed by atoms with van der Waals surface area (Å²) in [5, 5.41) is 4.67. The molecule has 0 N–H and O–H groups in total. The quantitative estimate of drug-likeness (QED) is 0.455. The van der Waals surface area contributed by atoms with E-state index in [4.69, 9.17) is 16.3 Å². The summed E-state index contributed by atoms with van der Waals surface area (Å²) in [5.41, 5.74) is 0.834. The number of hydrogen-bond acceptors (Lipinski definition) is 5. The Morgan fingerprint density at radius 2 is 2.23 bits per heavy atom. The summed E-state index contributed by atoms with van der Waals surface area (Å²) >= 11 is 12.4. The van der Waals surface area contributed by atoms with Crippen molar-refractivity contribution in [2.45, 2.75) is 10.8 Å². The van der Waals surface area contributed by atoms with Crippen LogP contribution in [-0.4, -0.2) is 31.0 Å². The van der Waals surface area contributed by atoms with Gasteiger partial charge in [0.25, 0.3) is 0 Å². The number of aliphatic imine (C=N–C) groups is 1. The van der Waals surface area contributed by atoms with E-state index in [1.165, 1.54) is 16.8 Å². The molecule has 4 rings (SSSR count). The molecule has 0 spiro atoms. The highest BCUT2D eigenvalue weighted by molar-refractivity contribution is 9.10. The lowest BCUT2D eigenvalue weighted by molar-refractivity contribution is -0.144. The Kier molecular flexibility index (Phi) is 4.32. The molecule has 10 heteroatoms. The van der Waals surface area contributed by atoms with Crippen molar-refractivity contribution < 1.29 is 13.9 Å². The molecule has 0 fully saturated rings. The zero-order valence-corrected chi connectivity index (χ0v) is 16.7. The topological polar surface area (TPSA) is 69.4 Å². The lowest BCUT2D eigenvalue weighted by Crippen LogP contribution is -2.29. The van der Waals surface area contributed by atoms with Crippen molar-refractivity contribution in [3.05, 3.63) is 63.5 Å². The number of carbonyl (C=O) groups excluding carboxylic acids is 1. The van der Waals surface area contributed by atoms with Gasteiger partial charge in [-0.25, -0.2) is 23.8 Å². The highest BCUT2D eigenvalue weighted by atomic mass is 79.9. The lowest BCUT2D eigenvalue weighted by Gasteiger charge is -2.25. The summed E-state index contributed by atoms with van der Waals surface area (Å²) in [6.07, 6.45) is 4.40. The van der Waals surface area contributed by atoms with Gasteiger partial charge in [-0.05, 0) is 62.2 Å². The number of halogens is 4. The predicted octanol–water partition coefficient (Wildman–Crippen LogP) is 4.24. The first kappa shape index (κ1) is 17.6. The third-order valence-electron chi connectivity index (χ3n) is 3.67. The highest BCUT2D eigenvalue weighted by Crippen LogP contribution is 2.35. The first-order valence-corrected chi connectivity index (χ1v) is 9.26. The second-order valence-electron chi connectivity index (χ2n) is 5.45.